The van der Waals surface area contributed by atoms with Crippen molar-refractivity contribution >= 4 is 23.9 Å². The summed E-state index contributed by atoms with van der Waals surface area (Å²) in [6, 6.07) is -1.18. The van der Waals surface area contributed by atoms with E-state index in [1.807, 2.05) is 0 Å². The predicted octanol–water partition coefficient (Wildman–Crippen LogP) is 1.19. The van der Waals surface area contributed by atoms with Gasteiger partial charge in [0.25, 0.3) is 0 Å². The Labute approximate surface area is 141 Å². The zero-order valence-corrected chi connectivity index (χ0v) is 13.9. The first-order valence-corrected chi connectivity index (χ1v) is 8.34. The number of carboxylic acids is 1. The van der Waals surface area contributed by atoms with Crippen molar-refractivity contribution < 1.29 is 29.0 Å². The Bertz CT molecular complexity index is 496. The summed E-state index contributed by atoms with van der Waals surface area (Å²) >= 11 is 0. The molecule has 1 fully saturated rings. The molecule has 0 bridgehead atoms. The number of nitrogens with one attached hydrogen (secondary N) is 1. The number of carbonyl (C=O) groups excluding carboxylic acids is 2. The van der Waals surface area contributed by atoms with Crippen molar-refractivity contribution in [3.63, 3.8) is 0 Å². The molecule has 8 heteroatoms. The fourth-order valence-electron chi connectivity index (χ4n) is 2.97. The minimum atomic E-state index is -1.21. The molecule has 1 amide bonds. The number of carboxylic acid groups (broad SMARTS) is 1. The zero-order valence-electron chi connectivity index (χ0n) is 13.9. The van der Waals surface area contributed by atoms with Gasteiger partial charge in [0.2, 0.25) is 11.7 Å². The summed E-state index contributed by atoms with van der Waals surface area (Å²) in [6.45, 7) is 2.17. The van der Waals surface area contributed by atoms with Crippen LogP contribution in [-0.2, 0) is 19.1 Å². The molecule has 0 spiro atoms. The van der Waals surface area contributed by atoms with Gasteiger partial charge in [0.1, 0.15) is 12.1 Å². The van der Waals surface area contributed by atoms with Gasteiger partial charge in [-0.1, -0.05) is 19.3 Å². The third-order valence-corrected chi connectivity index (χ3v) is 4.18. The van der Waals surface area contributed by atoms with Crippen LogP contribution in [0.25, 0.3) is 5.53 Å². The zero-order chi connectivity index (χ0) is 17.9. The lowest BCUT2D eigenvalue weighted by atomic mass is 9.84. The Morgan fingerprint density at radius 1 is 1.33 bits per heavy atom. The van der Waals surface area contributed by atoms with E-state index in [2.05, 4.69) is 10.1 Å². The second-order valence-electron chi connectivity index (χ2n) is 5.92. The number of hydrogen-bond acceptors (Lipinski definition) is 4. The first-order valence-electron chi connectivity index (χ1n) is 8.34. The van der Waals surface area contributed by atoms with E-state index in [1.54, 1.807) is 6.92 Å². The average molecular weight is 339 g/mol. The van der Waals surface area contributed by atoms with Crippen LogP contribution in [0.3, 0.4) is 0 Å². The first kappa shape index (κ1) is 20.0. The van der Waals surface area contributed by atoms with E-state index in [-0.39, 0.29) is 18.8 Å². The van der Waals surface area contributed by atoms with Crippen molar-refractivity contribution in [1.82, 2.24) is 5.32 Å². The molecule has 0 radical (unpaired) electrons. The summed E-state index contributed by atoms with van der Waals surface area (Å²) < 4.78 is 5.56. The van der Waals surface area contributed by atoms with Gasteiger partial charge in [-0.3, -0.25) is 9.59 Å². The molecule has 0 aromatic rings. The number of amides is 1. The summed E-state index contributed by atoms with van der Waals surface area (Å²) in [5, 5.41) is 11.7. The molecule has 24 heavy (non-hydrogen) atoms. The molecule has 2 atom stereocenters. The van der Waals surface area contributed by atoms with Crippen LogP contribution >= 0.6 is 0 Å². The number of aliphatic carboxylic acids is 1. The number of ketones is 1. The molecule has 1 saturated carbocycles. The molecule has 2 N–H and O–H groups in total. The smallest absolute Gasteiger partial charge is 0.326 e. The van der Waals surface area contributed by atoms with Crippen molar-refractivity contribution in [2.75, 3.05) is 6.61 Å². The molecule has 0 aromatic heterocycles. The van der Waals surface area contributed by atoms with Gasteiger partial charge in [-0.25, -0.2) is 4.79 Å². The lowest BCUT2D eigenvalue weighted by molar-refractivity contribution is -0.146. The van der Waals surface area contributed by atoms with Gasteiger partial charge in [0.05, 0.1) is 0 Å². The number of rotatable bonds is 10. The fourth-order valence-corrected chi connectivity index (χ4v) is 2.97. The number of ether oxygens (including phenoxy) is 1. The molecule has 8 nitrogen and oxygen atoms in total. The Hall–Kier alpha value is -2.05. The lowest BCUT2D eigenvalue weighted by Gasteiger charge is -2.30. The van der Waals surface area contributed by atoms with E-state index in [4.69, 9.17) is 10.3 Å². The number of hydrogen-bond donors (Lipinski definition) is 2. The van der Waals surface area contributed by atoms with E-state index in [0.717, 1.165) is 32.1 Å². The number of nitrogens with zero attached hydrogens (tertiary/aromatic N) is 2. The van der Waals surface area contributed by atoms with E-state index >= 15 is 0 Å². The maximum Gasteiger partial charge on any atom is 0.326 e. The Kier molecular flexibility index (Phi) is 8.89. The second-order valence-corrected chi connectivity index (χ2v) is 5.92. The van der Waals surface area contributed by atoms with Crippen molar-refractivity contribution in [2.45, 2.75) is 64.0 Å². The van der Waals surface area contributed by atoms with Gasteiger partial charge >= 0.3 is 12.2 Å². The standard InChI is InChI=1S/C16H25N3O5/c1-2-24-14(11-6-4-3-5-7-11)15(21)19-13(16(22)23)9-8-12(20)10-18-17/h10-11,13-14H,2-9H2,1H3,(H,19,21)(H,22,23). The van der Waals surface area contributed by atoms with E-state index in [0.29, 0.717) is 12.8 Å². The minimum absolute atomic E-state index is 0.0740. The van der Waals surface area contributed by atoms with Crippen molar-refractivity contribution in [1.29, 1.82) is 0 Å². The monoisotopic (exact) mass is 339 g/mol. The molecule has 2 unspecified atom stereocenters. The summed E-state index contributed by atoms with van der Waals surface area (Å²) in [4.78, 5) is 37.7. The molecular weight excluding hydrogens is 314 g/mol. The minimum Gasteiger partial charge on any atom is -0.480 e. The second kappa shape index (κ2) is 10.7. The van der Waals surface area contributed by atoms with Gasteiger partial charge in [-0.05, 0) is 32.1 Å². The van der Waals surface area contributed by atoms with Crippen LogP contribution in [0, 0.1) is 5.92 Å². The van der Waals surface area contributed by atoms with Crippen LogP contribution < -0.4 is 5.32 Å². The van der Waals surface area contributed by atoms with Gasteiger partial charge in [0.15, 0.2) is 0 Å². The Morgan fingerprint density at radius 3 is 2.54 bits per heavy atom. The molecule has 1 rings (SSSR count). The first-order chi connectivity index (χ1) is 11.5. The Morgan fingerprint density at radius 2 is 2.00 bits per heavy atom. The third kappa shape index (κ3) is 6.60. The van der Waals surface area contributed by atoms with Crippen LogP contribution in [0.15, 0.2) is 0 Å². The highest BCUT2D eigenvalue weighted by atomic mass is 16.5. The van der Waals surface area contributed by atoms with Crippen LogP contribution in [0.2, 0.25) is 0 Å². The highest BCUT2D eigenvalue weighted by Crippen LogP contribution is 2.28. The molecule has 0 heterocycles. The van der Waals surface area contributed by atoms with Gasteiger partial charge < -0.3 is 20.7 Å². The lowest BCUT2D eigenvalue weighted by Crippen LogP contribution is -2.49. The quantitative estimate of drug-likeness (QED) is 0.351. The number of Topliss-reactive ketones (excluding diaryl/α,β-unsaturated/α-hetero) is 1. The van der Waals surface area contributed by atoms with Crippen LogP contribution in [0.4, 0.5) is 0 Å². The van der Waals surface area contributed by atoms with Gasteiger partial charge in [-0.15, -0.1) is 0 Å². The van der Waals surface area contributed by atoms with Gasteiger partial charge in [0, 0.05) is 13.0 Å². The summed E-state index contributed by atoms with van der Waals surface area (Å²) in [5.74, 6) is -2.07. The normalized spacial score (nSPS) is 17.4. The maximum atomic E-state index is 12.5. The van der Waals surface area contributed by atoms with Crippen molar-refractivity contribution in [3.05, 3.63) is 5.53 Å². The van der Waals surface area contributed by atoms with Crippen LogP contribution in [-0.4, -0.2) is 52.5 Å². The average Bonchev–Trinajstić information content (AvgIpc) is 2.57. The topological polar surface area (TPSA) is 129 Å². The van der Waals surface area contributed by atoms with E-state index < -0.39 is 29.8 Å². The summed E-state index contributed by atoms with van der Waals surface area (Å²) in [6.07, 6.45) is 4.85. The fraction of sp³-hybridized carbons (Fsp3) is 0.750. The summed E-state index contributed by atoms with van der Waals surface area (Å²) in [5.41, 5.74) is 8.28. The van der Waals surface area contributed by atoms with E-state index in [9.17, 15) is 19.5 Å². The summed E-state index contributed by atoms with van der Waals surface area (Å²) in [7, 11) is 0. The maximum absolute atomic E-state index is 12.5. The van der Waals surface area contributed by atoms with Crippen molar-refractivity contribution in [2.24, 2.45) is 5.92 Å². The molecule has 1 aliphatic carbocycles. The van der Waals surface area contributed by atoms with Crippen LogP contribution in [0.5, 0.6) is 0 Å². The van der Waals surface area contributed by atoms with Crippen molar-refractivity contribution in [3.8, 4) is 0 Å². The third-order valence-electron chi connectivity index (χ3n) is 4.18. The molecule has 0 saturated heterocycles. The number of carbonyl (C=O) groups is 3. The molecule has 0 aliphatic heterocycles. The van der Waals surface area contributed by atoms with Gasteiger partial charge in [-0.2, -0.15) is 4.79 Å². The largest absolute Gasteiger partial charge is 0.480 e. The molecule has 134 valence electrons. The SMILES string of the molecule is CCOC(C(=O)NC(CCC(=O)C=[N+]=[N-])C(=O)O)C1CCCCC1. The molecule has 0 aromatic carbocycles. The molecular formula is C16H25N3O5. The Balaban J connectivity index is 2.67. The highest BCUT2D eigenvalue weighted by Gasteiger charge is 2.32. The molecule has 1 aliphatic rings. The van der Waals surface area contributed by atoms with Crippen LogP contribution in [0.1, 0.15) is 51.9 Å². The highest BCUT2D eigenvalue weighted by molar-refractivity contribution is 6.25. The predicted molar refractivity (Wildman–Crippen MR) is 85.5 cm³/mol. The van der Waals surface area contributed by atoms with E-state index in [1.165, 1.54) is 0 Å².